The maximum absolute atomic E-state index is 8.91. The topological polar surface area (TPSA) is 40.5 Å². The average molecular weight is 223 g/mol. The molecule has 0 aliphatic rings. The molecule has 1 aromatic rings. The molecule has 1 atom stereocenters. The van der Waals surface area contributed by atoms with Crippen molar-refractivity contribution in [2.75, 3.05) is 0 Å². The molecular formula is C6H8BrO2P. The van der Waals surface area contributed by atoms with Crippen molar-refractivity contribution in [3.8, 4) is 11.5 Å². The lowest BCUT2D eigenvalue weighted by Crippen LogP contribution is -1.88. The summed E-state index contributed by atoms with van der Waals surface area (Å²) in [5.74, 6) is 0.343. The fourth-order valence-corrected chi connectivity index (χ4v) is 0.809. The quantitative estimate of drug-likeness (QED) is 0.512. The lowest BCUT2D eigenvalue weighted by Gasteiger charge is -1.96. The molecule has 0 spiro atoms. The van der Waals surface area contributed by atoms with Gasteiger partial charge in [0.2, 0.25) is 0 Å². The Morgan fingerprint density at radius 3 is 2.20 bits per heavy atom. The minimum atomic E-state index is 0. The number of aromatic hydroxyl groups is 2. The van der Waals surface area contributed by atoms with Gasteiger partial charge in [0.05, 0.1) is 0 Å². The van der Waals surface area contributed by atoms with Gasteiger partial charge in [-0.15, -0.1) is 26.2 Å². The molecule has 1 aromatic carbocycles. The number of hydrogen-bond donors (Lipinski definition) is 2. The number of halogens is 1. The molecule has 0 heterocycles. The molecule has 56 valence electrons. The summed E-state index contributed by atoms with van der Waals surface area (Å²) in [6.45, 7) is 0. The van der Waals surface area contributed by atoms with Crippen molar-refractivity contribution in [1.82, 2.24) is 0 Å². The standard InChI is InChI=1S/C6H7O2P.BrH/c7-4-1-2-5(8)6(9)3-4;/h1-3,7-8H,9H2;1H. The highest BCUT2D eigenvalue weighted by Crippen LogP contribution is 2.14. The van der Waals surface area contributed by atoms with E-state index in [9.17, 15) is 0 Å². The summed E-state index contributed by atoms with van der Waals surface area (Å²) in [7, 11) is 2.31. The van der Waals surface area contributed by atoms with Crippen LogP contribution >= 0.6 is 26.2 Å². The third-order valence-electron chi connectivity index (χ3n) is 1.01. The fraction of sp³-hybridized carbons (Fsp3) is 0. The maximum Gasteiger partial charge on any atom is 0.122 e. The van der Waals surface area contributed by atoms with Crippen LogP contribution < -0.4 is 5.30 Å². The van der Waals surface area contributed by atoms with Crippen LogP contribution in [0.4, 0.5) is 0 Å². The summed E-state index contributed by atoms with van der Waals surface area (Å²) in [5.41, 5.74) is 0. The highest BCUT2D eigenvalue weighted by atomic mass is 79.9. The Bertz CT molecular complexity index is 227. The van der Waals surface area contributed by atoms with Gasteiger partial charge in [-0.2, -0.15) is 0 Å². The molecule has 0 aromatic heterocycles. The van der Waals surface area contributed by atoms with E-state index in [0.717, 1.165) is 0 Å². The van der Waals surface area contributed by atoms with Crippen LogP contribution in [0, 0.1) is 0 Å². The van der Waals surface area contributed by atoms with Crippen molar-refractivity contribution >= 4 is 31.5 Å². The highest BCUT2D eigenvalue weighted by Gasteiger charge is 1.93. The van der Waals surface area contributed by atoms with Gasteiger partial charge in [0, 0.05) is 5.30 Å². The number of phenolic OH excluding ortho intramolecular Hbond substituents is 2. The zero-order valence-corrected chi connectivity index (χ0v) is 7.98. The summed E-state index contributed by atoms with van der Waals surface area (Å²) < 4.78 is 0. The Morgan fingerprint density at radius 1 is 1.20 bits per heavy atom. The number of phenols is 2. The van der Waals surface area contributed by atoms with E-state index >= 15 is 0 Å². The third kappa shape index (κ3) is 2.16. The SMILES string of the molecule is Br.Oc1ccc(O)c(P)c1. The lowest BCUT2D eigenvalue weighted by atomic mass is 10.3. The zero-order valence-electron chi connectivity index (χ0n) is 5.11. The van der Waals surface area contributed by atoms with Crippen LogP contribution in [0.1, 0.15) is 0 Å². The van der Waals surface area contributed by atoms with E-state index in [2.05, 4.69) is 9.24 Å². The molecule has 0 aliphatic carbocycles. The molecule has 4 heteroatoms. The van der Waals surface area contributed by atoms with Crippen LogP contribution in [0.15, 0.2) is 18.2 Å². The molecular weight excluding hydrogens is 215 g/mol. The Hall–Kier alpha value is -0.270. The van der Waals surface area contributed by atoms with Gasteiger partial charge in [-0.1, -0.05) is 0 Å². The largest absolute Gasteiger partial charge is 0.508 e. The first-order valence-electron chi connectivity index (χ1n) is 2.47. The minimum absolute atomic E-state index is 0. The molecule has 0 saturated heterocycles. The Labute approximate surface area is 71.9 Å². The van der Waals surface area contributed by atoms with Gasteiger partial charge in [0.25, 0.3) is 0 Å². The first-order chi connectivity index (χ1) is 4.20. The van der Waals surface area contributed by atoms with Gasteiger partial charge in [0.15, 0.2) is 0 Å². The fourth-order valence-electron chi connectivity index (χ4n) is 0.542. The minimum Gasteiger partial charge on any atom is -0.508 e. The van der Waals surface area contributed by atoms with Crippen molar-refractivity contribution in [3.05, 3.63) is 18.2 Å². The molecule has 10 heavy (non-hydrogen) atoms. The Balaban J connectivity index is 0.000000810. The van der Waals surface area contributed by atoms with Crippen molar-refractivity contribution in [2.24, 2.45) is 0 Å². The van der Waals surface area contributed by atoms with Gasteiger partial charge in [0.1, 0.15) is 11.5 Å². The van der Waals surface area contributed by atoms with Gasteiger partial charge < -0.3 is 10.2 Å². The van der Waals surface area contributed by atoms with E-state index in [4.69, 9.17) is 10.2 Å². The van der Waals surface area contributed by atoms with Crippen LogP contribution in [0.25, 0.3) is 0 Å². The smallest absolute Gasteiger partial charge is 0.122 e. The summed E-state index contributed by atoms with van der Waals surface area (Å²) in [4.78, 5) is 0. The van der Waals surface area contributed by atoms with Crippen LogP contribution in [0.3, 0.4) is 0 Å². The monoisotopic (exact) mass is 222 g/mol. The lowest BCUT2D eigenvalue weighted by molar-refractivity contribution is 0.464. The molecule has 0 radical (unpaired) electrons. The van der Waals surface area contributed by atoms with Crippen molar-refractivity contribution in [1.29, 1.82) is 0 Å². The van der Waals surface area contributed by atoms with E-state index in [1.807, 2.05) is 0 Å². The van der Waals surface area contributed by atoms with Crippen molar-refractivity contribution < 1.29 is 10.2 Å². The number of rotatable bonds is 0. The second kappa shape index (κ2) is 3.79. The second-order valence-corrected chi connectivity index (χ2v) is 2.37. The summed E-state index contributed by atoms with van der Waals surface area (Å²) >= 11 is 0. The Kier molecular flexibility index (Phi) is 3.69. The molecule has 1 rings (SSSR count). The molecule has 2 N–H and O–H groups in total. The van der Waals surface area contributed by atoms with Crippen LogP contribution in [-0.4, -0.2) is 10.2 Å². The number of benzene rings is 1. The van der Waals surface area contributed by atoms with Crippen molar-refractivity contribution in [3.63, 3.8) is 0 Å². The predicted molar refractivity (Wildman–Crippen MR) is 49.4 cm³/mol. The van der Waals surface area contributed by atoms with Gasteiger partial charge in [-0.3, -0.25) is 0 Å². The summed E-state index contributed by atoms with van der Waals surface area (Å²) in [5, 5.41) is 18.3. The molecule has 0 aliphatic heterocycles. The van der Waals surface area contributed by atoms with Gasteiger partial charge >= 0.3 is 0 Å². The first-order valence-corrected chi connectivity index (χ1v) is 3.05. The zero-order chi connectivity index (χ0) is 6.85. The normalized spacial score (nSPS) is 8.50. The molecule has 0 bridgehead atoms. The summed E-state index contributed by atoms with van der Waals surface area (Å²) in [6.07, 6.45) is 0. The third-order valence-corrected chi connectivity index (χ3v) is 1.47. The van der Waals surface area contributed by atoms with E-state index in [1.165, 1.54) is 18.2 Å². The molecule has 1 unspecified atom stereocenters. The van der Waals surface area contributed by atoms with E-state index < -0.39 is 0 Å². The van der Waals surface area contributed by atoms with Gasteiger partial charge in [-0.25, -0.2) is 0 Å². The maximum atomic E-state index is 8.91. The molecule has 0 fully saturated rings. The van der Waals surface area contributed by atoms with Crippen LogP contribution in [0.2, 0.25) is 0 Å². The summed E-state index contributed by atoms with van der Waals surface area (Å²) in [6, 6.07) is 4.35. The van der Waals surface area contributed by atoms with Crippen molar-refractivity contribution in [2.45, 2.75) is 0 Å². The molecule has 0 amide bonds. The first kappa shape index (κ1) is 9.73. The average Bonchev–Trinajstić information content (AvgIpc) is 1.80. The van der Waals surface area contributed by atoms with E-state index in [-0.39, 0.29) is 28.5 Å². The number of hydrogen-bond acceptors (Lipinski definition) is 2. The van der Waals surface area contributed by atoms with Crippen LogP contribution in [0.5, 0.6) is 11.5 Å². The predicted octanol–water partition coefficient (Wildman–Crippen LogP) is 1.18. The Morgan fingerprint density at radius 2 is 1.80 bits per heavy atom. The second-order valence-electron chi connectivity index (χ2n) is 1.74. The highest BCUT2D eigenvalue weighted by molar-refractivity contribution is 8.93. The molecule has 0 saturated carbocycles. The van der Waals surface area contributed by atoms with E-state index in [1.54, 1.807) is 0 Å². The van der Waals surface area contributed by atoms with E-state index in [0.29, 0.717) is 5.30 Å². The van der Waals surface area contributed by atoms with Gasteiger partial charge in [-0.05, 0) is 18.2 Å². The van der Waals surface area contributed by atoms with Crippen LogP contribution in [-0.2, 0) is 0 Å². The molecule has 2 nitrogen and oxygen atoms in total.